The maximum Gasteiger partial charge on any atom is 0.161 e. The molecule has 9 aromatic rings. The third-order valence-electron chi connectivity index (χ3n) is 7.98. The van der Waals surface area contributed by atoms with Crippen LogP contribution in [0.15, 0.2) is 137 Å². The first-order valence-electron chi connectivity index (χ1n) is 13.6. The molecule has 0 aliphatic carbocycles. The average molecular weight is 528 g/mol. The van der Waals surface area contributed by atoms with Gasteiger partial charge in [-0.15, -0.1) is 0 Å². The molecular weight excluding hydrogens is 506 g/mol. The van der Waals surface area contributed by atoms with Gasteiger partial charge in [0.1, 0.15) is 11.1 Å². The van der Waals surface area contributed by atoms with Gasteiger partial charge in [0.2, 0.25) is 0 Å². The van der Waals surface area contributed by atoms with E-state index in [0.717, 1.165) is 61.1 Å². The first kappa shape index (κ1) is 22.2. The van der Waals surface area contributed by atoms with Gasteiger partial charge in [0.15, 0.2) is 16.7 Å². The van der Waals surface area contributed by atoms with Gasteiger partial charge in [-0.1, -0.05) is 48.5 Å². The second-order valence-electron chi connectivity index (χ2n) is 10.3. The van der Waals surface area contributed by atoms with Crippen LogP contribution in [-0.2, 0) is 0 Å². The van der Waals surface area contributed by atoms with Gasteiger partial charge in [0.05, 0.1) is 11.9 Å². The van der Waals surface area contributed by atoms with Crippen LogP contribution in [-0.4, -0.2) is 9.97 Å². The third-order valence-corrected chi connectivity index (χ3v) is 7.98. The van der Waals surface area contributed by atoms with Crippen LogP contribution in [0.1, 0.15) is 0 Å². The Bertz CT molecular complexity index is 2450. The van der Waals surface area contributed by atoms with E-state index in [4.69, 9.17) is 8.83 Å². The smallest absolute Gasteiger partial charge is 0.161 e. The summed E-state index contributed by atoms with van der Waals surface area (Å²) < 4.78 is 12.6. The SMILES string of the molecule is c1ccc2c(c1)ccc1cc(N(c3ccc4oc5cnccc5c4c3)c3cccc4c3oc3cccnc34)ccc12. The summed E-state index contributed by atoms with van der Waals surface area (Å²) in [6, 6.07) is 38.0. The van der Waals surface area contributed by atoms with Crippen molar-refractivity contribution in [3.05, 3.63) is 128 Å². The van der Waals surface area contributed by atoms with E-state index < -0.39 is 0 Å². The maximum absolute atomic E-state index is 6.46. The molecule has 0 aliphatic heterocycles. The number of anilines is 3. The van der Waals surface area contributed by atoms with Crippen LogP contribution < -0.4 is 4.90 Å². The third kappa shape index (κ3) is 3.29. The lowest BCUT2D eigenvalue weighted by molar-refractivity contribution is 0.667. The van der Waals surface area contributed by atoms with Crippen molar-refractivity contribution in [3.8, 4) is 0 Å². The lowest BCUT2D eigenvalue weighted by Gasteiger charge is -2.26. The van der Waals surface area contributed by atoms with E-state index in [9.17, 15) is 0 Å². The van der Waals surface area contributed by atoms with Gasteiger partial charge in [-0.2, -0.15) is 0 Å². The lowest BCUT2D eigenvalue weighted by atomic mass is 10.0. The molecule has 0 saturated carbocycles. The van der Waals surface area contributed by atoms with Gasteiger partial charge in [0, 0.05) is 39.9 Å². The molecule has 4 aromatic heterocycles. The quantitative estimate of drug-likeness (QED) is 0.214. The molecule has 0 fully saturated rings. The van der Waals surface area contributed by atoms with Gasteiger partial charge in [-0.3, -0.25) is 9.97 Å². The molecule has 4 heterocycles. The summed E-state index contributed by atoms with van der Waals surface area (Å²) in [5.41, 5.74) is 6.99. The van der Waals surface area contributed by atoms with E-state index >= 15 is 0 Å². The Morgan fingerprint density at radius 3 is 2.37 bits per heavy atom. The molecule has 0 spiro atoms. The van der Waals surface area contributed by atoms with Crippen LogP contribution in [0.4, 0.5) is 17.1 Å². The van der Waals surface area contributed by atoms with Crippen molar-refractivity contribution in [2.45, 2.75) is 0 Å². The minimum atomic E-state index is 0.767. The zero-order chi connectivity index (χ0) is 26.9. The fourth-order valence-electron chi connectivity index (χ4n) is 6.11. The zero-order valence-corrected chi connectivity index (χ0v) is 21.8. The topological polar surface area (TPSA) is 55.3 Å². The summed E-state index contributed by atoms with van der Waals surface area (Å²) in [7, 11) is 0. The minimum absolute atomic E-state index is 0.767. The molecule has 5 nitrogen and oxygen atoms in total. The first-order chi connectivity index (χ1) is 20.3. The van der Waals surface area contributed by atoms with Gasteiger partial charge in [-0.25, -0.2) is 0 Å². The molecule has 5 aromatic carbocycles. The second kappa shape index (κ2) is 8.41. The van der Waals surface area contributed by atoms with Crippen molar-refractivity contribution in [2.24, 2.45) is 0 Å². The molecule has 0 atom stereocenters. The number of nitrogens with zero attached hydrogens (tertiary/aromatic N) is 3. The van der Waals surface area contributed by atoms with Crippen LogP contribution in [0.25, 0.3) is 65.6 Å². The number of aromatic nitrogens is 2. The summed E-state index contributed by atoms with van der Waals surface area (Å²) in [5.74, 6) is 0. The Morgan fingerprint density at radius 2 is 1.37 bits per heavy atom. The molecular formula is C36H21N3O2. The van der Waals surface area contributed by atoms with E-state index in [-0.39, 0.29) is 0 Å². The van der Waals surface area contributed by atoms with E-state index in [1.54, 1.807) is 12.4 Å². The summed E-state index contributed by atoms with van der Waals surface area (Å²) in [6.45, 7) is 0. The maximum atomic E-state index is 6.46. The van der Waals surface area contributed by atoms with E-state index in [0.29, 0.717) is 0 Å². The Hall–Kier alpha value is -5.68. The van der Waals surface area contributed by atoms with Crippen molar-refractivity contribution in [3.63, 3.8) is 0 Å². The lowest BCUT2D eigenvalue weighted by Crippen LogP contribution is -2.10. The monoisotopic (exact) mass is 527 g/mol. The van der Waals surface area contributed by atoms with Gasteiger partial charge < -0.3 is 13.7 Å². The molecule has 0 radical (unpaired) electrons. The number of furan rings is 2. The Kier molecular flexibility index (Phi) is 4.55. The highest BCUT2D eigenvalue weighted by molar-refractivity contribution is 6.12. The number of fused-ring (bicyclic) bond motifs is 9. The zero-order valence-electron chi connectivity index (χ0n) is 21.8. The predicted octanol–water partition coefficient (Wildman–Crippen LogP) is 10.1. The molecule has 192 valence electrons. The van der Waals surface area contributed by atoms with Crippen LogP contribution in [0.3, 0.4) is 0 Å². The normalized spacial score (nSPS) is 11.9. The number of pyridine rings is 2. The Morgan fingerprint density at radius 1 is 0.512 bits per heavy atom. The molecule has 0 amide bonds. The average Bonchev–Trinajstić information content (AvgIpc) is 3.60. The van der Waals surface area contributed by atoms with Crippen LogP contribution >= 0.6 is 0 Å². The first-order valence-corrected chi connectivity index (χ1v) is 13.6. The van der Waals surface area contributed by atoms with Crippen molar-refractivity contribution in [1.82, 2.24) is 9.97 Å². The highest BCUT2D eigenvalue weighted by Crippen LogP contribution is 2.44. The predicted molar refractivity (Wildman–Crippen MR) is 166 cm³/mol. The van der Waals surface area contributed by atoms with Crippen molar-refractivity contribution >= 4 is 82.6 Å². The summed E-state index contributed by atoms with van der Waals surface area (Å²) >= 11 is 0. The summed E-state index contributed by atoms with van der Waals surface area (Å²) in [6.07, 6.45) is 5.38. The molecule has 0 aliphatic rings. The standard InChI is InChI=1S/C36H21N3O2/c1-2-6-26-22(5-1)10-11-23-19-24(12-14-27(23)26)39(25-13-15-32-30(20-25)28-16-18-37-21-34(28)40-32)31-8-3-7-29-35-33(41-36(29)31)9-4-17-38-35/h1-21H. The molecule has 0 saturated heterocycles. The largest absolute Gasteiger partial charge is 0.454 e. The van der Waals surface area contributed by atoms with Crippen molar-refractivity contribution < 1.29 is 8.83 Å². The Labute approximate surface area is 233 Å². The van der Waals surface area contributed by atoms with E-state index in [2.05, 4.69) is 99.8 Å². The van der Waals surface area contributed by atoms with Crippen LogP contribution in [0.5, 0.6) is 0 Å². The highest BCUT2D eigenvalue weighted by atomic mass is 16.3. The molecule has 41 heavy (non-hydrogen) atoms. The molecule has 9 rings (SSSR count). The minimum Gasteiger partial charge on any atom is -0.454 e. The van der Waals surface area contributed by atoms with Gasteiger partial charge in [0.25, 0.3) is 0 Å². The summed E-state index contributed by atoms with van der Waals surface area (Å²) in [4.78, 5) is 11.1. The van der Waals surface area contributed by atoms with Crippen LogP contribution in [0, 0.1) is 0 Å². The van der Waals surface area contributed by atoms with E-state index in [1.165, 1.54) is 21.5 Å². The second-order valence-corrected chi connectivity index (χ2v) is 10.3. The van der Waals surface area contributed by atoms with Crippen LogP contribution in [0.2, 0.25) is 0 Å². The number of rotatable bonds is 3. The fourth-order valence-corrected chi connectivity index (χ4v) is 6.11. The molecule has 0 N–H and O–H groups in total. The summed E-state index contributed by atoms with van der Waals surface area (Å²) in [5, 5.41) is 7.93. The fraction of sp³-hybridized carbons (Fsp3) is 0. The Balaban J connectivity index is 1.34. The van der Waals surface area contributed by atoms with Gasteiger partial charge >= 0.3 is 0 Å². The number of hydrogen-bond acceptors (Lipinski definition) is 5. The van der Waals surface area contributed by atoms with E-state index in [1.807, 2.05) is 30.5 Å². The molecule has 5 heteroatoms. The van der Waals surface area contributed by atoms with Crippen molar-refractivity contribution in [1.29, 1.82) is 0 Å². The number of hydrogen-bond donors (Lipinski definition) is 0. The number of benzene rings is 5. The highest BCUT2D eigenvalue weighted by Gasteiger charge is 2.21. The molecule has 0 unspecified atom stereocenters. The van der Waals surface area contributed by atoms with Crippen molar-refractivity contribution in [2.75, 3.05) is 4.90 Å². The number of para-hydroxylation sites is 1. The molecule has 0 bridgehead atoms. The van der Waals surface area contributed by atoms with Gasteiger partial charge in [-0.05, 0) is 82.2 Å².